The number of aromatic hydroxyl groups is 1. The number of aliphatic hydroxyl groups excluding tert-OH is 1. The smallest absolute Gasteiger partial charge is 0.134 e. The van der Waals surface area contributed by atoms with Gasteiger partial charge in [-0.05, 0) is 34.0 Å². The molecular weight excluding hydrogens is 246 g/mol. The van der Waals surface area contributed by atoms with Crippen LogP contribution in [0.25, 0.3) is 0 Å². The van der Waals surface area contributed by atoms with Gasteiger partial charge in [-0.2, -0.15) is 0 Å². The number of rotatable bonds is 3. The highest BCUT2D eigenvalue weighted by Crippen LogP contribution is 2.32. The van der Waals surface area contributed by atoms with Crippen LogP contribution >= 0.6 is 15.9 Å². The molecule has 0 aliphatic heterocycles. The van der Waals surface area contributed by atoms with Crippen LogP contribution in [0.5, 0.6) is 5.75 Å². The minimum Gasteiger partial charge on any atom is -0.506 e. The summed E-state index contributed by atoms with van der Waals surface area (Å²) in [6.45, 7) is 1.85. The van der Waals surface area contributed by atoms with Crippen LogP contribution in [0.1, 0.15) is 24.1 Å². The summed E-state index contributed by atoms with van der Waals surface area (Å²) in [4.78, 5) is 0. The molecule has 1 atom stereocenters. The summed E-state index contributed by atoms with van der Waals surface area (Å²) in [7, 11) is 0. The standard InChI is InChI=1S/C10H14BrNO2/c1-2-6-3-7(9(12)5-13)10(14)8(11)4-6/h3-4,9,13-14H,2,5,12H2,1H3. The Bertz CT molecular complexity index is 328. The highest BCUT2D eigenvalue weighted by molar-refractivity contribution is 9.10. The molecule has 0 saturated heterocycles. The minimum atomic E-state index is -0.530. The maximum atomic E-state index is 9.68. The normalized spacial score (nSPS) is 12.9. The van der Waals surface area contributed by atoms with Gasteiger partial charge in [0.15, 0.2) is 0 Å². The van der Waals surface area contributed by atoms with E-state index in [1.165, 1.54) is 0 Å². The third-order valence-electron chi connectivity index (χ3n) is 2.16. The van der Waals surface area contributed by atoms with E-state index in [1.807, 2.05) is 19.1 Å². The lowest BCUT2D eigenvalue weighted by Crippen LogP contribution is -2.15. The van der Waals surface area contributed by atoms with Crippen LogP contribution in [-0.2, 0) is 6.42 Å². The van der Waals surface area contributed by atoms with Crippen LogP contribution in [0.3, 0.4) is 0 Å². The summed E-state index contributed by atoms with van der Waals surface area (Å²) < 4.78 is 0.621. The van der Waals surface area contributed by atoms with Crippen LogP contribution < -0.4 is 5.73 Å². The Morgan fingerprint density at radius 2 is 2.14 bits per heavy atom. The van der Waals surface area contributed by atoms with Crippen LogP contribution in [0, 0.1) is 0 Å². The van der Waals surface area contributed by atoms with Gasteiger partial charge < -0.3 is 15.9 Å². The molecule has 3 nitrogen and oxygen atoms in total. The molecule has 4 heteroatoms. The maximum Gasteiger partial charge on any atom is 0.134 e. The van der Waals surface area contributed by atoms with Crippen molar-refractivity contribution in [2.45, 2.75) is 19.4 Å². The first-order valence-electron chi connectivity index (χ1n) is 4.47. The van der Waals surface area contributed by atoms with Gasteiger partial charge in [-0.1, -0.05) is 13.0 Å². The monoisotopic (exact) mass is 259 g/mol. The first-order chi connectivity index (χ1) is 6.60. The van der Waals surface area contributed by atoms with Gasteiger partial charge in [-0.15, -0.1) is 0 Å². The molecule has 0 saturated carbocycles. The average molecular weight is 260 g/mol. The number of nitrogens with two attached hydrogens (primary N) is 1. The van der Waals surface area contributed by atoms with Gasteiger partial charge in [0, 0.05) is 5.56 Å². The number of phenolic OH excluding ortho intramolecular Hbond substituents is 1. The molecular formula is C10H14BrNO2. The first kappa shape index (κ1) is 11.5. The van der Waals surface area contributed by atoms with Crippen molar-refractivity contribution in [1.29, 1.82) is 0 Å². The Morgan fingerprint density at radius 1 is 1.50 bits per heavy atom. The minimum absolute atomic E-state index is 0.115. The number of hydrogen-bond acceptors (Lipinski definition) is 3. The van der Waals surface area contributed by atoms with Gasteiger partial charge >= 0.3 is 0 Å². The van der Waals surface area contributed by atoms with Crippen molar-refractivity contribution in [1.82, 2.24) is 0 Å². The van der Waals surface area contributed by atoms with E-state index in [0.29, 0.717) is 10.0 Å². The fourth-order valence-corrected chi connectivity index (χ4v) is 1.79. The van der Waals surface area contributed by atoms with Crippen LogP contribution in [0.2, 0.25) is 0 Å². The van der Waals surface area contributed by atoms with Crippen molar-refractivity contribution in [2.24, 2.45) is 5.73 Å². The van der Waals surface area contributed by atoms with Gasteiger partial charge in [0.1, 0.15) is 5.75 Å². The lowest BCUT2D eigenvalue weighted by molar-refractivity contribution is 0.265. The number of aliphatic hydroxyl groups is 1. The Hall–Kier alpha value is -0.580. The fourth-order valence-electron chi connectivity index (χ4n) is 1.26. The number of halogens is 1. The maximum absolute atomic E-state index is 9.68. The van der Waals surface area contributed by atoms with Gasteiger partial charge in [0.25, 0.3) is 0 Å². The molecule has 0 heterocycles. The van der Waals surface area contributed by atoms with E-state index in [9.17, 15) is 5.11 Å². The highest BCUT2D eigenvalue weighted by Gasteiger charge is 2.13. The fraction of sp³-hybridized carbons (Fsp3) is 0.400. The van der Waals surface area contributed by atoms with E-state index >= 15 is 0 Å². The zero-order valence-electron chi connectivity index (χ0n) is 8.00. The highest BCUT2D eigenvalue weighted by atomic mass is 79.9. The van der Waals surface area contributed by atoms with E-state index in [-0.39, 0.29) is 12.4 Å². The molecule has 0 aliphatic carbocycles. The van der Waals surface area contributed by atoms with Crippen molar-refractivity contribution in [3.8, 4) is 5.75 Å². The molecule has 0 aliphatic rings. The molecule has 0 fully saturated rings. The van der Waals surface area contributed by atoms with Gasteiger partial charge in [0.05, 0.1) is 17.1 Å². The van der Waals surface area contributed by atoms with Crippen LogP contribution in [0.15, 0.2) is 16.6 Å². The average Bonchev–Trinajstić information content (AvgIpc) is 2.20. The molecule has 4 N–H and O–H groups in total. The van der Waals surface area contributed by atoms with Crippen molar-refractivity contribution in [2.75, 3.05) is 6.61 Å². The summed E-state index contributed by atoms with van der Waals surface area (Å²) in [6, 6.07) is 3.14. The topological polar surface area (TPSA) is 66.5 Å². The predicted molar refractivity (Wildman–Crippen MR) is 59.2 cm³/mol. The molecule has 14 heavy (non-hydrogen) atoms. The Morgan fingerprint density at radius 3 is 2.64 bits per heavy atom. The Balaban J connectivity index is 3.20. The molecule has 1 aromatic rings. The lowest BCUT2D eigenvalue weighted by Gasteiger charge is -2.13. The Labute approximate surface area is 91.7 Å². The van der Waals surface area contributed by atoms with Gasteiger partial charge in [-0.25, -0.2) is 0 Å². The lowest BCUT2D eigenvalue weighted by atomic mass is 10.0. The zero-order valence-corrected chi connectivity index (χ0v) is 9.58. The second kappa shape index (κ2) is 4.77. The molecule has 1 rings (SSSR count). The number of phenols is 1. The van der Waals surface area contributed by atoms with Gasteiger partial charge in [0.2, 0.25) is 0 Å². The van der Waals surface area contributed by atoms with Crippen molar-refractivity contribution >= 4 is 15.9 Å². The van der Waals surface area contributed by atoms with E-state index in [4.69, 9.17) is 10.8 Å². The van der Waals surface area contributed by atoms with E-state index < -0.39 is 6.04 Å². The summed E-state index contributed by atoms with van der Waals surface area (Å²) >= 11 is 3.25. The molecule has 0 amide bonds. The van der Waals surface area contributed by atoms with Gasteiger partial charge in [-0.3, -0.25) is 0 Å². The Kier molecular flexibility index (Phi) is 3.92. The number of hydrogen-bond donors (Lipinski definition) is 3. The van der Waals surface area contributed by atoms with Crippen molar-refractivity contribution < 1.29 is 10.2 Å². The van der Waals surface area contributed by atoms with E-state index in [1.54, 1.807) is 0 Å². The SMILES string of the molecule is CCc1cc(Br)c(O)c(C(N)CO)c1. The largest absolute Gasteiger partial charge is 0.506 e. The first-order valence-corrected chi connectivity index (χ1v) is 5.27. The van der Waals surface area contributed by atoms with Crippen LogP contribution in [0.4, 0.5) is 0 Å². The summed E-state index contributed by atoms with van der Waals surface area (Å²) in [6.07, 6.45) is 0.865. The van der Waals surface area contributed by atoms with E-state index in [0.717, 1.165) is 12.0 Å². The molecule has 0 aromatic heterocycles. The molecule has 0 radical (unpaired) electrons. The third kappa shape index (κ3) is 2.26. The second-order valence-electron chi connectivity index (χ2n) is 3.16. The molecule has 1 unspecified atom stereocenters. The molecule has 0 spiro atoms. The number of aryl methyl sites for hydroxylation is 1. The number of benzene rings is 1. The van der Waals surface area contributed by atoms with E-state index in [2.05, 4.69) is 15.9 Å². The molecule has 1 aromatic carbocycles. The quantitative estimate of drug-likeness (QED) is 0.775. The second-order valence-corrected chi connectivity index (χ2v) is 4.01. The molecule has 0 bridgehead atoms. The summed E-state index contributed by atoms with van der Waals surface area (Å²) in [5.74, 6) is 0.115. The zero-order chi connectivity index (χ0) is 10.7. The van der Waals surface area contributed by atoms with Crippen LogP contribution in [-0.4, -0.2) is 16.8 Å². The van der Waals surface area contributed by atoms with Crippen molar-refractivity contribution in [3.63, 3.8) is 0 Å². The third-order valence-corrected chi connectivity index (χ3v) is 2.76. The molecule has 78 valence electrons. The van der Waals surface area contributed by atoms with Crippen molar-refractivity contribution in [3.05, 3.63) is 27.7 Å². The predicted octanol–water partition coefficient (Wildman–Crippen LogP) is 1.71. The summed E-state index contributed by atoms with van der Waals surface area (Å²) in [5.41, 5.74) is 7.32. The summed E-state index contributed by atoms with van der Waals surface area (Å²) in [5, 5.41) is 18.6.